The largest absolute Gasteiger partial charge is 0.301 e. The number of aromatic nitrogens is 1. The second-order valence-electron chi connectivity index (χ2n) is 3.63. The molecular formula is C11H7BrN2O4S. The first kappa shape index (κ1) is 13.6. The topological polar surface area (TPSA) is 82.2 Å². The van der Waals surface area contributed by atoms with Crippen molar-refractivity contribution in [1.29, 1.82) is 0 Å². The van der Waals surface area contributed by atoms with E-state index in [1.54, 1.807) is 11.4 Å². The summed E-state index contributed by atoms with van der Waals surface area (Å²) in [5, 5.41) is 12.4. The molecule has 2 aromatic heterocycles. The third kappa shape index (κ3) is 2.96. The second-order valence-corrected chi connectivity index (χ2v) is 5.40. The molecule has 6 nitrogen and oxygen atoms in total. The first-order chi connectivity index (χ1) is 8.99. The molecule has 2 rings (SSSR count). The fraction of sp³-hybridized carbons (Fsp3) is 0.0909. The maximum absolute atomic E-state index is 12.0. The minimum atomic E-state index is -0.610. The third-order valence-corrected chi connectivity index (χ3v) is 4.24. The highest BCUT2D eigenvalue weighted by molar-refractivity contribution is 9.10. The van der Waals surface area contributed by atoms with Gasteiger partial charge in [-0.3, -0.25) is 19.7 Å². The highest BCUT2D eigenvalue weighted by atomic mass is 79.9. The van der Waals surface area contributed by atoms with Crippen molar-refractivity contribution < 1.29 is 9.72 Å². The van der Waals surface area contributed by atoms with Crippen molar-refractivity contribution in [3.05, 3.63) is 59.6 Å². The maximum Gasteiger partial charge on any atom is 0.285 e. The molecule has 0 unspecified atom stereocenters. The zero-order valence-electron chi connectivity index (χ0n) is 9.41. The summed E-state index contributed by atoms with van der Waals surface area (Å²) in [4.78, 5) is 34.1. The van der Waals surface area contributed by atoms with E-state index in [4.69, 9.17) is 0 Å². The van der Waals surface area contributed by atoms with Gasteiger partial charge in [-0.1, -0.05) is 0 Å². The van der Waals surface area contributed by atoms with E-state index in [0.717, 1.165) is 22.9 Å². The van der Waals surface area contributed by atoms with Gasteiger partial charge in [0, 0.05) is 16.6 Å². The molecule has 0 saturated carbocycles. The zero-order chi connectivity index (χ0) is 14.0. The Morgan fingerprint density at radius 2 is 2.16 bits per heavy atom. The lowest BCUT2D eigenvalue weighted by molar-refractivity contribution is -0.385. The van der Waals surface area contributed by atoms with Crippen LogP contribution in [0.1, 0.15) is 9.67 Å². The summed E-state index contributed by atoms with van der Waals surface area (Å²) in [5.74, 6) is -0.274. The predicted molar refractivity (Wildman–Crippen MR) is 73.7 cm³/mol. The van der Waals surface area contributed by atoms with Gasteiger partial charge in [-0.25, -0.2) is 0 Å². The molecule has 0 aliphatic rings. The maximum atomic E-state index is 12.0. The Morgan fingerprint density at radius 1 is 1.42 bits per heavy atom. The van der Waals surface area contributed by atoms with Crippen LogP contribution < -0.4 is 5.56 Å². The van der Waals surface area contributed by atoms with Crippen LogP contribution in [0.2, 0.25) is 0 Å². The molecule has 2 aromatic rings. The third-order valence-electron chi connectivity index (χ3n) is 2.36. The van der Waals surface area contributed by atoms with Crippen molar-refractivity contribution in [2.45, 2.75) is 6.54 Å². The summed E-state index contributed by atoms with van der Waals surface area (Å²) >= 11 is 4.48. The van der Waals surface area contributed by atoms with Crippen molar-refractivity contribution in [1.82, 2.24) is 4.57 Å². The highest BCUT2D eigenvalue weighted by Gasteiger charge is 2.15. The minimum Gasteiger partial charge on any atom is -0.301 e. The Hall–Kier alpha value is -1.80. The molecular weight excluding hydrogens is 336 g/mol. The van der Waals surface area contributed by atoms with Crippen molar-refractivity contribution in [3.8, 4) is 0 Å². The van der Waals surface area contributed by atoms with E-state index in [-0.39, 0.29) is 18.0 Å². The van der Waals surface area contributed by atoms with E-state index in [1.807, 2.05) is 0 Å². The molecule has 0 aromatic carbocycles. The van der Waals surface area contributed by atoms with E-state index >= 15 is 0 Å². The van der Waals surface area contributed by atoms with E-state index in [9.17, 15) is 19.7 Å². The van der Waals surface area contributed by atoms with E-state index in [0.29, 0.717) is 9.35 Å². The number of nitro groups is 1. The summed E-state index contributed by atoms with van der Waals surface area (Å²) in [6.45, 7) is -0.223. The number of nitrogens with zero attached hydrogens (tertiary/aromatic N) is 2. The van der Waals surface area contributed by atoms with Gasteiger partial charge in [0.1, 0.15) is 0 Å². The monoisotopic (exact) mass is 342 g/mol. The smallest absolute Gasteiger partial charge is 0.285 e. The second kappa shape index (κ2) is 5.45. The van der Waals surface area contributed by atoms with Crippen LogP contribution in [0.25, 0.3) is 0 Å². The fourth-order valence-electron chi connectivity index (χ4n) is 1.47. The molecule has 19 heavy (non-hydrogen) atoms. The summed E-state index contributed by atoms with van der Waals surface area (Å²) in [7, 11) is 0. The Labute approximate surface area is 119 Å². The Kier molecular flexibility index (Phi) is 3.91. The van der Waals surface area contributed by atoms with Crippen LogP contribution in [-0.4, -0.2) is 15.3 Å². The van der Waals surface area contributed by atoms with E-state index in [1.165, 1.54) is 11.3 Å². The van der Waals surface area contributed by atoms with E-state index in [2.05, 4.69) is 15.9 Å². The Bertz CT molecular complexity index is 707. The fourth-order valence-corrected chi connectivity index (χ4v) is 2.99. The van der Waals surface area contributed by atoms with Gasteiger partial charge < -0.3 is 4.57 Å². The van der Waals surface area contributed by atoms with Gasteiger partial charge in [-0.2, -0.15) is 0 Å². The lowest BCUT2D eigenvalue weighted by Gasteiger charge is -2.03. The van der Waals surface area contributed by atoms with Crippen LogP contribution in [0.4, 0.5) is 5.69 Å². The number of Topliss-reactive ketones (excluding diaryl/α,β-unsaturated/α-hetero) is 1. The minimum absolute atomic E-state index is 0.223. The van der Waals surface area contributed by atoms with Gasteiger partial charge in [-0.05, 0) is 27.4 Å². The van der Waals surface area contributed by atoms with Crippen LogP contribution >= 0.6 is 27.3 Å². The van der Waals surface area contributed by atoms with Crippen molar-refractivity contribution >= 4 is 38.7 Å². The zero-order valence-corrected chi connectivity index (χ0v) is 11.8. The lowest BCUT2D eigenvalue weighted by Crippen LogP contribution is -2.23. The first-order valence-electron chi connectivity index (χ1n) is 5.10. The molecule has 0 spiro atoms. The van der Waals surface area contributed by atoms with Gasteiger partial charge in [-0.15, -0.1) is 11.3 Å². The molecule has 0 bridgehead atoms. The molecule has 8 heteroatoms. The normalized spacial score (nSPS) is 10.4. The van der Waals surface area contributed by atoms with Gasteiger partial charge in [0.25, 0.3) is 11.2 Å². The number of hydrogen-bond donors (Lipinski definition) is 0. The first-order valence-corrected chi connectivity index (χ1v) is 6.77. The SMILES string of the molecule is O=C(Cn1cc([N+](=O)[O-])ccc1=O)c1sccc1Br. The molecule has 0 amide bonds. The van der Waals surface area contributed by atoms with Gasteiger partial charge in [0.15, 0.2) is 5.78 Å². The molecule has 2 heterocycles. The number of thiophene rings is 1. The quantitative estimate of drug-likeness (QED) is 0.485. The predicted octanol–water partition coefficient (Wildman–Crippen LogP) is 2.46. The van der Waals surface area contributed by atoms with Crippen molar-refractivity contribution in [2.75, 3.05) is 0 Å². The number of halogens is 1. The van der Waals surface area contributed by atoms with Crippen molar-refractivity contribution in [2.24, 2.45) is 0 Å². The average Bonchev–Trinajstić information content (AvgIpc) is 2.78. The summed E-state index contributed by atoms with van der Waals surface area (Å²) in [6, 6.07) is 3.92. The Balaban J connectivity index is 2.31. The molecule has 98 valence electrons. The van der Waals surface area contributed by atoms with Gasteiger partial charge >= 0.3 is 0 Å². The number of carbonyl (C=O) groups is 1. The number of carbonyl (C=O) groups excluding carboxylic acids is 1. The molecule has 0 fully saturated rings. The molecule has 0 saturated heterocycles. The van der Waals surface area contributed by atoms with Crippen LogP contribution in [-0.2, 0) is 6.54 Å². The summed E-state index contributed by atoms with van der Waals surface area (Å²) in [5.41, 5.74) is -0.677. The van der Waals surface area contributed by atoms with Crippen molar-refractivity contribution in [3.63, 3.8) is 0 Å². The standard InChI is InChI=1S/C11H7BrN2O4S/c12-8-3-4-19-11(8)9(15)6-13-5-7(14(17)18)1-2-10(13)16/h1-5H,6H2. The van der Waals surface area contributed by atoms with Gasteiger partial charge in [0.05, 0.1) is 22.5 Å². The molecule has 0 atom stereocenters. The molecule has 0 aliphatic carbocycles. The summed E-state index contributed by atoms with van der Waals surface area (Å²) < 4.78 is 1.69. The number of rotatable bonds is 4. The van der Waals surface area contributed by atoms with Gasteiger partial charge in [0.2, 0.25) is 0 Å². The van der Waals surface area contributed by atoms with E-state index < -0.39 is 10.5 Å². The number of ketones is 1. The van der Waals surface area contributed by atoms with Crippen LogP contribution in [0, 0.1) is 10.1 Å². The highest BCUT2D eigenvalue weighted by Crippen LogP contribution is 2.23. The molecule has 0 aliphatic heterocycles. The Morgan fingerprint density at radius 3 is 2.74 bits per heavy atom. The lowest BCUT2D eigenvalue weighted by atomic mass is 10.3. The number of hydrogen-bond acceptors (Lipinski definition) is 5. The number of pyridine rings is 1. The van der Waals surface area contributed by atoms with Crippen LogP contribution in [0.15, 0.2) is 39.0 Å². The molecule has 0 N–H and O–H groups in total. The average molecular weight is 343 g/mol. The van der Waals surface area contributed by atoms with Crippen LogP contribution in [0.3, 0.4) is 0 Å². The summed E-state index contributed by atoms with van der Waals surface area (Å²) in [6.07, 6.45) is 1.07. The molecule has 0 radical (unpaired) electrons. The van der Waals surface area contributed by atoms with Crippen LogP contribution in [0.5, 0.6) is 0 Å².